The molecule has 102 valence electrons. The molecule has 0 bridgehead atoms. The summed E-state index contributed by atoms with van der Waals surface area (Å²) in [5, 5.41) is 4.14. The van der Waals surface area contributed by atoms with Crippen LogP contribution in [0.15, 0.2) is 42.6 Å². The van der Waals surface area contributed by atoms with Gasteiger partial charge in [0.05, 0.1) is 5.52 Å². The van der Waals surface area contributed by atoms with Gasteiger partial charge in [0.25, 0.3) is 0 Å². The SMILES string of the molecule is Fc1cc(F)cc(-c2cccc3nn(C(F)F)cc23)c1. The number of hydrogen-bond donors (Lipinski definition) is 0. The number of benzene rings is 2. The minimum Gasteiger partial charge on any atom is -0.210 e. The Hall–Kier alpha value is -2.37. The number of alkyl halides is 2. The smallest absolute Gasteiger partial charge is 0.210 e. The van der Waals surface area contributed by atoms with E-state index >= 15 is 0 Å². The van der Waals surface area contributed by atoms with E-state index in [4.69, 9.17) is 0 Å². The predicted molar refractivity (Wildman–Crippen MR) is 66.3 cm³/mol. The first-order valence-corrected chi connectivity index (χ1v) is 5.77. The summed E-state index contributed by atoms with van der Waals surface area (Å²) in [6, 6.07) is 7.83. The average molecular weight is 280 g/mol. The maximum Gasteiger partial charge on any atom is 0.333 e. The van der Waals surface area contributed by atoms with Crippen molar-refractivity contribution in [1.29, 1.82) is 0 Å². The Balaban J connectivity index is 2.25. The highest BCUT2D eigenvalue weighted by Gasteiger charge is 2.13. The second-order valence-electron chi connectivity index (χ2n) is 4.28. The van der Waals surface area contributed by atoms with Gasteiger partial charge in [-0.2, -0.15) is 13.9 Å². The molecule has 0 atom stereocenters. The van der Waals surface area contributed by atoms with Crippen molar-refractivity contribution in [2.45, 2.75) is 6.55 Å². The molecule has 0 unspecified atom stereocenters. The summed E-state index contributed by atoms with van der Waals surface area (Å²) in [5.74, 6) is -1.45. The Labute approximate surface area is 111 Å². The first-order chi connectivity index (χ1) is 9.54. The molecular weight excluding hydrogens is 272 g/mol. The number of aromatic nitrogens is 2. The van der Waals surface area contributed by atoms with Crippen LogP contribution in [0.2, 0.25) is 0 Å². The van der Waals surface area contributed by atoms with Crippen molar-refractivity contribution in [2.75, 3.05) is 0 Å². The molecule has 0 saturated heterocycles. The summed E-state index contributed by atoms with van der Waals surface area (Å²) in [5.41, 5.74) is 1.07. The van der Waals surface area contributed by atoms with Crippen LogP contribution in [-0.4, -0.2) is 9.78 Å². The summed E-state index contributed by atoms with van der Waals surface area (Å²) >= 11 is 0. The minimum absolute atomic E-state index is 0.280. The average Bonchev–Trinajstić information content (AvgIpc) is 2.81. The third-order valence-corrected chi connectivity index (χ3v) is 2.94. The van der Waals surface area contributed by atoms with Crippen LogP contribution in [0, 0.1) is 11.6 Å². The summed E-state index contributed by atoms with van der Waals surface area (Å²) in [6.07, 6.45) is 1.16. The highest BCUT2D eigenvalue weighted by Crippen LogP contribution is 2.30. The van der Waals surface area contributed by atoms with E-state index < -0.39 is 18.2 Å². The fraction of sp³-hybridized carbons (Fsp3) is 0.0714. The number of nitrogens with zero attached hydrogens (tertiary/aromatic N) is 2. The van der Waals surface area contributed by atoms with Crippen LogP contribution in [0.3, 0.4) is 0 Å². The molecule has 0 aliphatic carbocycles. The molecule has 0 aliphatic rings. The number of hydrogen-bond acceptors (Lipinski definition) is 1. The van der Waals surface area contributed by atoms with Crippen LogP contribution >= 0.6 is 0 Å². The lowest BCUT2D eigenvalue weighted by molar-refractivity contribution is 0.0574. The molecule has 0 N–H and O–H groups in total. The molecule has 6 heteroatoms. The zero-order valence-electron chi connectivity index (χ0n) is 10.0. The lowest BCUT2D eigenvalue weighted by atomic mass is 10.0. The zero-order valence-corrected chi connectivity index (χ0v) is 10.0. The van der Waals surface area contributed by atoms with Crippen molar-refractivity contribution in [3.8, 4) is 11.1 Å². The standard InChI is InChI=1S/C14H8F4N2/c15-9-4-8(5-10(16)6-9)11-2-1-3-13-12(11)7-20(19-13)14(17)18/h1-7,14H. The van der Waals surface area contributed by atoms with Crippen LogP contribution in [0.25, 0.3) is 22.0 Å². The highest BCUT2D eigenvalue weighted by atomic mass is 19.3. The minimum atomic E-state index is -2.76. The highest BCUT2D eigenvalue weighted by molar-refractivity contribution is 5.94. The molecule has 2 aromatic carbocycles. The molecule has 0 aliphatic heterocycles. The van der Waals surface area contributed by atoms with Gasteiger partial charge in [0.15, 0.2) is 0 Å². The number of halogens is 4. The first-order valence-electron chi connectivity index (χ1n) is 5.77. The van der Waals surface area contributed by atoms with Gasteiger partial charge >= 0.3 is 6.55 Å². The lowest BCUT2D eigenvalue weighted by Crippen LogP contribution is -1.96. The van der Waals surface area contributed by atoms with Crippen LogP contribution in [0.4, 0.5) is 17.6 Å². The van der Waals surface area contributed by atoms with E-state index in [1.54, 1.807) is 18.2 Å². The van der Waals surface area contributed by atoms with Gasteiger partial charge in [0.1, 0.15) is 11.6 Å². The predicted octanol–water partition coefficient (Wildman–Crippen LogP) is 4.38. The van der Waals surface area contributed by atoms with E-state index in [0.717, 1.165) is 24.4 Å². The van der Waals surface area contributed by atoms with Crippen molar-refractivity contribution >= 4 is 10.9 Å². The molecule has 2 nitrogen and oxygen atoms in total. The third kappa shape index (κ3) is 2.13. The van der Waals surface area contributed by atoms with E-state index in [9.17, 15) is 17.6 Å². The van der Waals surface area contributed by atoms with Gasteiger partial charge < -0.3 is 0 Å². The summed E-state index contributed by atoms with van der Waals surface area (Å²) < 4.78 is 52.3. The van der Waals surface area contributed by atoms with Crippen LogP contribution in [0.5, 0.6) is 0 Å². The van der Waals surface area contributed by atoms with E-state index in [1.807, 2.05) is 0 Å². The van der Waals surface area contributed by atoms with Crippen molar-refractivity contribution < 1.29 is 17.6 Å². The Morgan fingerprint density at radius 3 is 2.35 bits per heavy atom. The second kappa shape index (κ2) is 4.63. The van der Waals surface area contributed by atoms with Gasteiger partial charge in [-0.25, -0.2) is 13.5 Å². The second-order valence-corrected chi connectivity index (χ2v) is 4.28. The van der Waals surface area contributed by atoms with Gasteiger partial charge in [0, 0.05) is 17.6 Å². The first kappa shape index (κ1) is 12.7. The maximum atomic E-state index is 13.3. The molecule has 0 radical (unpaired) electrons. The molecule has 3 aromatic rings. The van der Waals surface area contributed by atoms with E-state index in [0.29, 0.717) is 21.1 Å². The molecule has 3 rings (SSSR count). The van der Waals surface area contributed by atoms with Crippen LogP contribution < -0.4 is 0 Å². The van der Waals surface area contributed by atoms with Crippen molar-refractivity contribution in [1.82, 2.24) is 9.78 Å². The van der Waals surface area contributed by atoms with Gasteiger partial charge in [-0.1, -0.05) is 12.1 Å². The molecule has 1 heterocycles. The van der Waals surface area contributed by atoms with Gasteiger partial charge in [-0.15, -0.1) is 0 Å². The van der Waals surface area contributed by atoms with Crippen LogP contribution in [0.1, 0.15) is 6.55 Å². The topological polar surface area (TPSA) is 17.8 Å². The molecule has 0 spiro atoms. The molecule has 20 heavy (non-hydrogen) atoms. The fourth-order valence-electron chi connectivity index (χ4n) is 2.12. The summed E-state index contributed by atoms with van der Waals surface area (Å²) in [6.45, 7) is -2.76. The number of rotatable bonds is 2. The summed E-state index contributed by atoms with van der Waals surface area (Å²) in [7, 11) is 0. The van der Waals surface area contributed by atoms with E-state index in [-0.39, 0.29) is 5.56 Å². The Morgan fingerprint density at radius 1 is 1.00 bits per heavy atom. The quantitative estimate of drug-likeness (QED) is 0.637. The molecular formula is C14H8F4N2. The third-order valence-electron chi connectivity index (χ3n) is 2.94. The zero-order chi connectivity index (χ0) is 14.3. The fourth-order valence-corrected chi connectivity index (χ4v) is 2.12. The Bertz CT molecular complexity index is 760. The number of fused-ring (bicyclic) bond motifs is 1. The van der Waals surface area contributed by atoms with Crippen molar-refractivity contribution in [3.05, 3.63) is 54.2 Å². The van der Waals surface area contributed by atoms with Gasteiger partial charge in [-0.3, -0.25) is 0 Å². The Kier molecular flexibility index (Phi) is 2.93. The van der Waals surface area contributed by atoms with Crippen molar-refractivity contribution in [3.63, 3.8) is 0 Å². The largest absolute Gasteiger partial charge is 0.333 e. The van der Waals surface area contributed by atoms with Gasteiger partial charge in [-0.05, 0) is 29.3 Å². The molecule has 0 fully saturated rings. The molecule has 0 saturated carbocycles. The Morgan fingerprint density at radius 2 is 1.70 bits per heavy atom. The van der Waals surface area contributed by atoms with Gasteiger partial charge in [0.2, 0.25) is 0 Å². The normalized spacial score (nSPS) is 11.4. The molecule has 1 aromatic heterocycles. The van der Waals surface area contributed by atoms with E-state index in [1.165, 1.54) is 0 Å². The summed E-state index contributed by atoms with van der Waals surface area (Å²) in [4.78, 5) is 0. The molecule has 0 amide bonds. The lowest BCUT2D eigenvalue weighted by Gasteiger charge is -2.03. The maximum absolute atomic E-state index is 13.3. The monoisotopic (exact) mass is 280 g/mol. The van der Waals surface area contributed by atoms with Crippen molar-refractivity contribution in [2.24, 2.45) is 0 Å². The van der Waals surface area contributed by atoms with E-state index in [2.05, 4.69) is 5.10 Å². The van der Waals surface area contributed by atoms with Crippen LogP contribution in [-0.2, 0) is 0 Å².